The lowest BCUT2D eigenvalue weighted by Crippen LogP contribution is -2.17. The van der Waals surface area contributed by atoms with Crippen LogP contribution in [0.1, 0.15) is 33.9 Å². The molecule has 4 rings (SSSR count). The predicted molar refractivity (Wildman–Crippen MR) is 94.1 cm³/mol. The van der Waals surface area contributed by atoms with Gasteiger partial charge in [-0.05, 0) is 30.0 Å². The van der Waals surface area contributed by atoms with E-state index in [1.54, 1.807) is 0 Å². The van der Waals surface area contributed by atoms with E-state index in [4.69, 9.17) is 5.73 Å². The summed E-state index contributed by atoms with van der Waals surface area (Å²) in [6, 6.07) is 13.8. The predicted octanol–water partition coefficient (Wildman–Crippen LogP) is 2.68. The maximum Gasteiger partial charge on any atom is 0.268 e. The molecule has 0 saturated carbocycles. The average molecular weight is 318 g/mol. The number of benzene rings is 2. The number of anilines is 1. The number of amides is 1. The first kappa shape index (κ1) is 14.6. The van der Waals surface area contributed by atoms with Gasteiger partial charge in [-0.3, -0.25) is 4.79 Å². The summed E-state index contributed by atoms with van der Waals surface area (Å²) in [6.07, 6.45) is 2.80. The number of nitrogens with zero attached hydrogens (tertiary/aromatic N) is 2. The minimum absolute atomic E-state index is 0.286. The Hall–Kier alpha value is -2.95. The Morgan fingerprint density at radius 3 is 2.88 bits per heavy atom. The summed E-state index contributed by atoms with van der Waals surface area (Å²) in [4.78, 5) is 20.8. The summed E-state index contributed by atoms with van der Waals surface area (Å²) in [7, 11) is 0. The second-order valence-corrected chi connectivity index (χ2v) is 6.03. The third kappa shape index (κ3) is 2.58. The van der Waals surface area contributed by atoms with Crippen molar-refractivity contribution in [3.63, 3.8) is 0 Å². The molecule has 1 aliphatic heterocycles. The first-order chi connectivity index (χ1) is 11.7. The fourth-order valence-electron chi connectivity index (χ4n) is 3.29. The Morgan fingerprint density at radius 2 is 2.00 bits per heavy atom. The quantitative estimate of drug-likeness (QED) is 0.778. The van der Waals surface area contributed by atoms with Gasteiger partial charge in [-0.15, -0.1) is 0 Å². The van der Waals surface area contributed by atoms with E-state index in [1.165, 1.54) is 11.3 Å². The molecule has 0 aliphatic carbocycles. The minimum atomic E-state index is -0.525. The van der Waals surface area contributed by atoms with Crippen molar-refractivity contribution in [2.75, 3.05) is 11.9 Å². The van der Waals surface area contributed by atoms with E-state index in [0.717, 1.165) is 30.5 Å². The Labute approximate surface area is 139 Å². The number of hydrogen-bond acceptors (Lipinski definition) is 4. The first-order valence-corrected chi connectivity index (χ1v) is 8.12. The Kier molecular flexibility index (Phi) is 3.61. The van der Waals surface area contributed by atoms with Gasteiger partial charge in [0.2, 0.25) is 0 Å². The third-order valence-corrected chi connectivity index (χ3v) is 4.39. The molecule has 2 heterocycles. The fourth-order valence-corrected chi connectivity index (χ4v) is 3.29. The highest BCUT2D eigenvalue weighted by atomic mass is 16.1. The van der Waals surface area contributed by atoms with Crippen LogP contribution in [0.2, 0.25) is 0 Å². The number of nitrogens with one attached hydrogen (secondary N) is 1. The summed E-state index contributed by atoms with van der Waals surface area (Å²) in [5.41, 5.74) is 10.2. The van der Waals surface area contributed by atoms with E-state index in [-0.39, 0.29) is 5.69 Å². The van der Waals surface area contributed by atoms with Crippen molar-refractivity contribution < 1.29 is 4.79 Å². The molecular weight excluding hydrogens is 300 g/mol. The van der Waals surface area contributed by atoms with Crippen LogP contribution in [0.15, 0.2) is 42.5 Å². The summed E-state index contributed by atoms with van der Waals surface area (Å²) in [6.45, 7) is 0.981. The number of nitrogens with two attached hydrogens (primary N) is 1. The van der Waals surface area contributed by atoms with E-state index < -0.39 is 5.91 Å². The van der Waals surface area contributed by atoms with Crippen molar-refractivity contribution in [1.82, 2.24) is 9.97 Å². The number of fused-ring (bicyclic) bond motifs is 2. The number of hydrogen-bond donors (Lipinski definition) is 2. The number of para-hydroxylation sites is 2. The van der Waals surface area contributed by atoms with Crippen LogP contribution in [0.4, 0.5) is 5.69 Å². The maximum absolute atomic E-state index is 11.8. The van der Waals surface area contributed by atoms with Crippen molar-refractivity contribution >= 4 is 22.5 Å². The fraction of sp³-hybridized carbons (Fsp3) is 0.211. The second-order valence-electron chi connectivity index (χ2n) is 6.03. The van der Waals surface area contributed by atoms with Crippen molar-refractivity contribution in [2.24, 2.45) is 5.73 Å². The Morgan fingerprint density at radius 1 is 1.12 bits per heavy atom. The van der Waals surface area contributed by atoms with Gasteiger partial charge >= 0.3 is 0 Å². The van der Waals surface area contributed by atoms with Crippen molar-refractivity contribution in [1.29, 1.82) is 0 Å². The molecule has 0 bridgehead atoms. The lowest BCUT2D eigenvalue weighted by atomic mass is 9.97. The van der Waals surface area contributed by atoms with Gasteiger partial charge in [-0.25, -0.2) is 9.97 Å². The number of aromatic nitrogens is 2. The minimum Gasteiger partial charge on any atom is -0.385 e. The van der Waals surface area contributed by atoms with Crippen molar-refractivity contribution in [2.45, 2.75) is 19.3 Å². The molecule has 3 N–H and O–H groups in total. The zero-order valence-electron chi connectivity index (χ0n) is 13.2. The summed E-state index contributed by atoms with van der Waals surface area (Å²) in [5, 5.41) is 4.18. The standard InChI is InChI=1S/C19H18N4O/c20-19(24)18-14-8-1-2-9-15(14)22-16(23-18)11-13-6-3-5-12-7-4-10-21-17(12)13/h1-3,5-6,8-9,21H,4,7,10-11H2,(H2,20,24). The summed E-state index contributed by atoms with van der Waals surface area (Å²) >= 11 is 0. The Balaban J connectivity index is 1.79. The lowest BCUT2D eigenvalue weighted by molar-refractivity contribution is 0.0997. The normalized spacial score (nSPS) is 13.3. The molecule has 0 unspecified atom stereocenters. The van der Waals surface area contributed by atoms with Gasteiger partial charge in [0.1, 0.15) is 11.5 Å². The molecule has 5 heteroatoms. The molecule has 1 aromatic heterocycles. The van der Waals surface area contributed by atoms with Crippen LogP contribution in [0.5, 0.6) is 0 Å². The largest absolute Gasteiger partial charge is 0.385 e. The molecule has 0 atom stereocenters. The molecule has 0 spiro atoms. The van der Waals surface area contributed by atoms with Crippen LogP contribution in [0.25, 0.3) is 10.9 Å². The zero-order valence-corrected chi connectivity index (χ0v) is 13.2. The van der Waals surface area contributed by atoms with Crippen molar-refractivity contribution in [3.05, 3.63) is 65.1 Å². The maximum atomic E-state index is 11.8. The average Bonchev–Trinajstić information content (AvgIpc) is 2.61. The highest BCUT2D eigenvalue weighted by Crippen LogP contribution is 2.27. The molecule has 0 fully saturated rings. The number of primary amides is 1. The lowest BCUT2D eigenvalue weighted by Gasteiger charge is -2.21. The van der Waals surface area contributed by atoms with Crippen LogP contribution in [-0.2, 0) is 12.8 Å². The molecule has 3 aromatic rings. The number of rotatable bonds is 3. The van der Waals surface area contributed by atoms with Crippen LogP contribution >= 0.6 is 0 Å². The van der Waals surface area contributed by atoms with Gasteiger partial charge in [0, 0.05) is 24.0 Å². The molecule has 120 valence electrons. The highest BCUT2D eigenvalue weighted by Gasteiger charge is 2.16. The summed E-state index contributed by atoms with van der Waals surface area (Å²) in [5.74, 6) is 0.0892. The Bertz CT molecular complexity index is 936. The molecule has 24 heavy (non-hydrogen) atoms. The number of carbonyl (C=O) groups is 1. The third-order valence-electron chi connectivity index (χ3n) is 4.39. The monoisotopic (exact) mass is 318 g/mol. The summed E-state index contributed by atoms with van der Waals surface area (Å²) < 4.78 is 0. The molecule has 1 amide bonds. The number of carbonyl (C=O) groups excluding carboxylic acids is 1. The van der Waals surface area contributed by atoms with E-state index in [0.29, 0.717) is 17.6 Å². The van der Waals surface area contributed by atoms with E-state index in [2.05, 4.69) is 33.5 Å². The van der Waals surface area contributed by atoms with E-state index in [1.807, 2.05) is 24.3 Å². The van der Waals surface area contributed by atoms with Crippen molar-refractivity contribution in [3.8, 4) is 0 Å². The molecule has 0 radical (unpaired) electrons. The van der Waals surface area contributed by atoms with E-state index in [9.17, 15) is 4.79 Å². The topological polar surface area (TPSA) is 80.9 Å². The second kappa shape index (κ2) is 5.92. The molecule has 2 aromatic carbocycles. The van der Waals surface area contributed by atoms with Gasteiger partial charge < -0.3 is 11.1 Å². The van der Waals surface area contributed by atoms with Gasteiger partial charge in [-0.2, -0.15) is 0 Å². The van der Waals surface area contributed by atoms with Gasteiger partial charge in [-0.1, -0.05) is 36.4 Å². The molecule has 0 saturated heterocycles. The molecule has 5 nitrogen and oxygen atoms in total. The highest BCUT2D eigenvalue weighted by molar-refractivity contribution is 6.03. The zero-order chi connectivity index (χ0) is 16.5. The first-order valence-electron chi connectivity index (χ1n) is 8.12. The van der Waals surface area contributed by atoms with Crippen LogP contribution in [-0.4, -0.2) is 22.4 Å². The van der Waals surface area contributed by atoms with Crippen LogP contribution in [0, 0.1) is 0 Å². The number of aryl methyl sites for hydroxylation is 1. The SMILES string of the molecule is NC(=O)c1nc(Cc2cccc3c2NCCC3)nc2ccccc12. The van der Waals surface area contributed by atoms with Crippen LogP contribution in [0.3, 0.4) is 0 Å². The van der Waals surface area contributed by atoms with Gasteiger partial charge in [0.25, 0.3) is 5.91 Å². The van der Waals surface area contributed by atoms with Gasteiger partial charge in [0.05, 0.1) is 5.52 Å². The molecule has 1 aliphatic rings. The molecular formula is C19H18N4O. The van der Waals surface area contributed by atoms with Gasteiger partial charge in [0.15, 0.2) is 0 Å². The van der Waals surface area contributed by atoms with E-state index >= 15 is 0 Å². The smallest absolute Gasteiger partial charge is 0.268 e. The van der Waals surface area contributed by atoms with Crippen LogP contribution < -0.4 is 11.1 Å².